The molecule has 1 unspecified atom stereocenters. The van der Waals surface area contributed by atoms with Gasteiger partial charge in [0.15, 0.2) is 0 Å². The Balaban J connectivity index is 2.08. The monoisotopic (exact) mass is 338 g/mol. The summed E-state index contributed by atoms with van der Waals surface area (Å²) in [5.74, 6) is 0.673. The molecular weight excluding hydrogens is 323 g/mol. The van der Waals surface area contributed by atoms with Crippen molar-refractivity contribution in [1.29, 1.82) is 0 Å². The zero-order valence-corrected chi connectivity index (χ0v) is 12.9. The fourth-order valence-corrected chi connectivity index (χ4v) is 2.04. The van der Waals surface area contributed by atoms with Gasteiger partial charge in [0.05, 0.1) is 16.4 Å². The zero-order chi connectivity index (χ0) is 14.5. The molecule has 1 heterocycles. The van der Waals surface area contributed by atoms with Crippen LogP contribution in [0.15, 0.2) is 41.0 Å². The number of aromatic nitrogens is 1. The third-order valence-corrected chi connectivity index (χ3v) is 3.48. The highest BCUT2D eigenvalue weighted by Gasteiger charge is 2.06. The lowest BCUT2D eigenvalue weighted by molar-refractivity contribution is 0.472. The van der Waals surface area contributed by atoms with E-state index in [1.165, 1.54) is 6.07 Å². The number of rotatable bonds is 5. The first kappa shape index (κ1) is 14.9. The highest BCUT2D eigenvalue weighted by atomic mass is 79.9. The molecule has 0 aliphatic carbocycles. The van der Waals surface area contributed by atoms with E-state index in [1.807, 2.05) is 12.1 Å². The first-order chi connectivity index (χ1) is 9.60. The summed E-state index contributed by atoms with van der Waals surface area (Å²) >= 11 is 3.11. The van der Waals surface area contributed by atoms with Gasteiger partial charge in [-0.3, -0.25) is 4.98 Å². The molecule has 2 aromatic rings. The first-order valence-corrected chi connectivity index (χ1v) is 7.21. The van der Waals surface area contributed by atoms with E-state index in [0.717, 1.165) is 12.2 Å². The number of ether oxygens (including phenoxy) is 1. The van der Waals surface area contributed by atoms with Crippen LogP contribution in [0.25, 0.3) is 0 Å². The molecule has 0 amide bonds. The van der Waals surface area contributed by atoms with Crippen molar-refractivity contribution in [3.05, 3.63) is 52.5 Å². The minimum absolute atomic E-state index is 0.194. The van der Waals surface area contributed by atoms with Gasteiger partial charge in [0, 0.05) is 12.1 Å². The molecule has 1 atom stereocenters. The first-order valence-electron chi connectivity index (χ1n) is 6.42. The maximum absolute atomic E-state index is 13.4. The van der Waals surface area contributed by atoms with Crippen LogP contribution in [-0.2, 0) is 0 Å². The third-order valence-electron chi connectivity index (χ3n) is 2.84. The average Bonchev–Trinajstić information content (AvgIpc) is 2.44. The second kappa shape index (κ2) is 6.81. The molecule has 0 aliphatic heterocycles. The van der Waals surface area contributed by atoms with E-state index in [1.54, 1.807) is 18.3 Å². The third kappa shape index (κ3) is 3.77. The number of hydrogen-bond acceptors (Lipinski definition) is 3. The van der Waals surface area contributed by atoms with Gasteiger partial charge in [-0.1, -0.05) is 6.92 Å². The van der Waals surface area contributed by atoms with Crippen molar-refractivity contribution in [1.82, 2.24) is 10.3 Å². The lowest BCUT2D eigenvalue weighted by Crippen LogP contribution is -2.18. The van der Waals surface area contributed by atoms with Gasteiger partial charge in [-0.2, -0.15) is 0 Å². The van der Waals surface area contributed by atoms with Crippen LogP contribution < -0.4 is 10.1 Å². The predicted octanol–water partition coefficient (Wildman–Crippen LogP) is 4.45. The van der Waals surface area contributed by atoms with Gasteiger partial charge in [0.25, 0.3) is 0 Å². The Bertz CT molecular complexity index is 575. The molecule has 1 N–H and O–H groups in total. The van der Waals surface area contributed by atoms with Gasteiger partial charge in [-0.15, -0.1) is 0 Å². The highest BCUT2D eigenvalue weighted by molar-refractivity contribution is 9.10. The number of hydrogen-bond donors (Lipinski definition) is 1. The van der Waals surface area contributed by atoms with E-state index < -0.39 is 0 Å². The largest absolute Gasteiger partial charge is 0.456 e. The highest BCUT2D eigenvalue weighted by Crippen LogP contribution is 2.25. The quantitative estimate of drug-likeness (QED) is 0.874. The Morgan fingerprint density at radius 2 is 2.05 bits per heavy atom. The van der Waals surface area contributed by atoms with Gasteiger partial charge >= 0.3 is 0 Å². The molecule has 0 aliphatic rings. The Hall–Kier alpha value is -1.46. The summed E-state index contributed by atoms with van der Waals surface area (Å²) in [4.78, 5) is 4.34. The standard InChI is InChI=1S/C15H16BrFN2O/c1-3-18-10(2)15-7-5-12(9-19-15)20-11-4-6-13(16)14(17)8-11/h4-10,18H,3H2,1-2H3. The van der Waals surface area contributed by atoms with Crippen LogP contribution in [0.1, 0.15) is 25.6 Å². The van der Waals surface area contributed by atoms with Crippen molar-refractivity contribution in [2.24, 2.45) is 0 Å². The number of benzene rings is 1. The summed E-state index contributed by atoms with van der Waals surface area (Å²) in [6.07, 6.45) is 1.64. The maximum atomic E-state index is 13.4. The zero-order valence-electron chi connectivity index (χ0n) is 11.4. The topological polar surface area (TPSA) is 34.1 Å². The Morgan fingerprint density at radius 1 is 1.30 bits per heavy atom. The lowest BCUT2D eigenvalue weighted by Gasteiger charge is -2.12. The molecule has 0 radical (unpaired) electrons. The summed E-state index contributed by atoms with van der Waals surface area (Å²) in [5, 5.41) is 3.29. The predicted molar refractivity (Wildman–Crippen MR) is 80.5 cm³/mol. The van der Waals surface area contributed by atoms with Crippen LogP contribution in [0.5, 0.6) is 11.5 Å². The minimum atomic E-state index is -0.354. The van der Waals surface area contributed by atoms with Gasteiger partial charge in [0.1, 0.15) is 17.3 Å². The second-order valence-corrected chi connectivity index (χ2v) is 5.23. The van der Waals surface area contributed by atoms with Crippen molar-refractivity contribution in [3.63, 3.8) is 0 Å². The van der Waals surface area contributed by atoms with E-state index in [2.05, 4.69) is 40.1 Å². The molecule has 3 nitrogen and oxygen atoms in total. The molecule has 0 bridgehead atoms. The summed E-state index contributed by atoms with van der Waals surface area (Å²) in [5.41, 5.74) is 0.946. The van der Waals surface area contributed by atoms with Gasteiger partial charge in [-0.05, 0) is 53.7 Å². The van der Waals surface area contributed by atoms with Gasteiger partial charge < -0.3 is 10.1 Å². The summed E-state index contributed by atoms with van der Waals surface area (Å²) < 4.78 is 19.4. The fourth-order valence-electron chi connectivity index (χ4n) is 1.80. The minimum Gasteiger partial charge on any atom is -0.456 e. The van der Waals surface area contributed by atoms with Crippen molar-refractivity contribution >= 4 is 15.9 Å². The molecule has 0 spiro atoms. The Morgan fingerprint density at radius 3 is 2.65 bits per heavy atom. The molecule has 0 saturated carbocycles. The fraction of sp³-hybridized carbons (Fsp3) is 0.267. The van der Waals surface area contributed by atoms with Crippen molar-refractivity contribution in [3.8, 4) is 11.5 Å². The molecule has 2 rings (SSSR count). The SMILES string of the molecule is CCNC(C)c1ccc(Oc2ccc(Br)c(F)c2)cn1. The molecular formula is C15H16BrFN2O. The van der Waals surface area contributed by atoms with Crippen LogP contribution in [0.4, 0.5) is 4.39 Å². The number of nitrogens with zero attached hydrogens (tertiary/aromatic N) is 1. The van der Waals surface area contributed by atoms with Crippen LogP contribution in [0.3, 0.4) is 0 Å². The van der Waals surface area contributed by atoms with E-state index in [4.69, 9.17) is 4.74 Å². The van der Waals surface area contributed by atoms with E-state index in [-0.39, 0.29) is 11.9 Å². The van der Waals surface area contributed by atoms with Crippen LogP contribution in [-0.4, -0.2) is 11.5 Å². The number of nitrogens with one attached hydrogen (secondary N) is 1. The normalized spacial score (nSPS) is 12.2. The van der Waals surface area contributed by atoms with Crippen LogP contribution in [0, 0.1) is 5.82 Å². The lowest BCUT2D eigenvalue weighted by atomic mass is 10.2. The molecule has 20 heavy (non-hydrogen) atoms. The van der Waals surface area contributed by atoms with E-state index in [0.29, 0.717) is 16.0 Å². The second-order valence-electron chi connectivity index (χ2n) is 4.38. The molecule has 5 heteroatoms. The molecule has 0 saturated heterocycles. The molecule has 1 aromatic heterocycles. The van der Waals surface area contributed by atoms with Crippen molar-refractivity contribution in [2.75, 3.05) is 6.54 Å². The molecule has 1 aromatic carbocycles. The van der Waals surface area contributed by atoms with Gasteiger partial charge in [-0.25, -0.2) is 4.39 Å². The Labute approximate surface area is 126 Å². The van der Waals surface area contributed by atoms with Crippen molar-refractivity contribution in [2.45, 2.75) is 19.9 Å². The van der Waals surface area contributed by atoms with Crippen LogP contribution in [0.2, 0.25) is 0 Å². The average molecular weight is 339 g/mol. The number of pyridine rings is 1. The maximum Gasteiger partial charge on any atom is 0.145 e. The van der Waals surface area contributed by atoms with E-state index in [9.17, 15) is 4.39 Å². The molecule has 106 valence electrons. The number of halogens is 2. The smallest absolute Gasteiger partial charge is 0.145 e. The van der Waals surface area contributed by atoms with E-state index >= 15 is 0 Å². The summed E-state index contributed by atoms with van der Waals surface area (Å²) in [7, 11) is 0. The van der Waals surface area contributed by atoms with Crippen molar-refractivity contribution < 1.29 is 9.13 Å². The summed E-state index contributed by atoms with van der Waals surface area (Å²) in [6.45, 7) is 4.99. The van der Waals surface area contributed by atoms with Crippen LogP contribution >= 0.6 is 15.9 Å². The summed E-state index contributed by atoms with van der Waals surface area (Å²) in [6, 6.07) is 8.56. The van der Waals surface area contributed by atoms with Gasteiger partial charge in [0.2, 0.25) is 0 Å². The molecule has 0 fully saturated rings. The Kier molecular flexibility index (Phi) is 5.09.